The number of carbonyl (C=O) groups is 1. The first-order valence-corrected chi connectivity index (χ1v) is 12.5. The predicted octanol–water partition coefficient (Wildman–Crippen LogP) is 5.58. The van der Waals surface area contributed by atoms with E-state index >= 15 is 0 Å². The maximum Gasteiger partial charge on any atom is 0.266 e. The molecule has 0 aliphatic heterocycles. The van der Waals surface area contributed by atoms with Gasteiger partial charge in [0.1, 0.15) is 5.82 Å². The van der Waals surface area contributed by atoms with Crippen molar-refractivity contribution in [1.29, 1.82) is 0 Å². The molecule has 1 heterocycles. The van der Waals surface area contributed by atoms with Crippen LogP contribution in [-0.4, -0.2) is 40.6 Å². The Hall–Kier alpha value is -3.77. The molecule has 6 nitrogen and oxygen atoms in total. The van der Waals surface area contributed by atoms with Crippen LogP contribution in [0.2, 0.25) is 0 Å². The van der Waals surface area contributed by atoms with Crippen molar-refractivity contribution >= 4 is 16.8 Å². The van der Waals surface area contributed by atoms with E-state index in [-0.39, 0.29) is 11.5 Å². The van der Waals surface area contributed by atoms with Crippen LogP contribution in [0.1, 0.15) is 54.5 Å². The van der Waals surface area contributed by atoms with Gasteiger partial charge in [0.05, 0.1) is 22.6 Å². The van der Waals surface area contributed by atoms with E-state index in [1.807, 2.05) is 84.6 Å². The van der Waals surface area contributed by atoms with Crippen LogP contribution in [0.3, 0.4) is 0 Å². The summed E-state index contributed by atoms with van der Waals surface area (Å²) in [6, 6.07) is 24.2. The number of aryl methyl sites for hydroxylation is 1. The van der Waals surface area contributed by atoms with Crippen molar-refractivity contribution in [3.05, 3.63) is 106 Å². The summed E-state index contributed by atoms with van der Waals surface area (Å²) in [5, 5.41) is 0.548. The van der Waals surface area contributed by atoms with Crippen LogP contribution in [0, 0.1) is 0 Å². The van der Waals surface area contributed by atoms with Gasteiger partial charge in [0, 0.05) is 25.8 Å². The van der Waals surface area contributed by atoms with Crippen LogP contribution in [-0.2, 0) is 11.2 Å². The molecule has 4 rings (SSSR count). The number of benzene rings is 3. The average molecular weight is 484 g/mol. The minimum Gasteiger partial charge on any atom is -0.385 e. The summed E-state index contributed by atoms with van der Waals surface area (Å²) in [5.74, 6) is 0.478. The fourth-order valence-corrected chi connectivity index (χ4v) is 4.57. The van der Waals surface area contributed by atoms with Crippen molar-refractivity contribution in [2.75, 3.05) is 20.3 Å². The first kappa shape index (κ1) is 25.3. The molecule has 0 bridgehead atoms. The van der Waals surface area contributed by atoms with Crippen molar-refractivity contribution in [2.24, 2.45) is 0 Å². The highest BCUT2D eigenvalue weighted by Gasteiger charge is 2.29. The molecule has 1 aromatic heterocycles. The van der Waals surface area contributed by atoms with E-state index in [1.165, 1.54) is 5.56 Å². The van der Waals surface area contributed by atoms with Crippen LogP contribution in [0.5, 0.6) is 0 Å². The predicted molar refractivity (Wildman–Crippen MR) is 144 cm³/mol. The van der Waals surface area contributed by atoms with Gasteiger partial charge in [-0.2, -0.15) is 0 Å². The third kappa shape index (κ3) is 5.24. The Labute approximate surface area is 212 Å². The number of nitrogens with zero attached hydrogens (tertiary/aromatic N) is 3. The largest absolute Gasteiger partial charge is 0.385 e. The lowest BCUT2D eigenvalue weighted by Crippen LogP contribution is -2.39. The minimum absolute atomic E-state index is 0.0809. The fourth-order valence-electron chi connectivity index (χ4n) is 4.57. The van der Waals surface area contributed by atoms with Gasteiger partial charge in [-0.15, -0.1) is 0 Å². The zero-order valence-corrected chi connectivity index (χ0v) is 21.2. The molecule has 0 fully saturated rings. The van der Waals surface area contributed by atoms with Crippen LogP contribution in [0.25, 0.3) is 16.6 Å². The van der Waals surface area contributed by atoms with E-state index < -0.39 is 6.04 Å². The van der Waals surface area contributed by atoms with Gasteiger partial charge in [0.2, 0.25) is 0 Å². The molecule has 3 aromatic carbocycles. The summed E-state index contributed by atoms with van der Waals surface area (Å²) in [4.78, 5) is 34.5. The SMILES string of the molecule is CCc1ccc(C(=O)N(CCCOC)C(CC)c2nc3ccccc3c(=O)n2-c2ccccc2)cc1. The Kier molecular flexibility index (Phi) is 8.28. The molecular weight excluding hydrogens is 450 g/mol. The van der Waals surface area contributed by atoms with Gasteiger partial charge < -0.3 is 9.64 Å². The summed E-state index contributed by atoms with van der Waals surface area (Å²) in [6.07, 6.45) is 2.19. The zero-order chi connectivity index (χ0) is 25.5. The Morgan fingerprint density at radius 2 is 1.67 bits per heavy atom. The summed E-state index contributed by atoms with van der Waals surface area (Å²) in [6.45, 7) is 5.14. The molecule has 0 saturated heterocycles. The molecule has 0 radical (unpaired) electrons. The van der Waals surface area contributed by atoms with Crippen molar-refractivity contribution in [2.45, 2.75) is 39.2 Å². The Balaban J connectivity index is 1.88. The topological polar surface area (TPSA) is 64.4 Å². The Morgan fingerprint density at radius 1 is 0.972 bits per heavy atom. The number of carbonyl (C=O) groups excluding carboxylic acids is 1. The van der Waals surface area contributed by atoms with Gasteiger partial charge in [-0.05, 0) is 61.2 Å². The lowest BCUT2D eigenvalue weighted by molar-refractivity contribution is 0.0634. The zero-order valence-electron chi connectivity index (χ0n) is 21.2. The van der Waals surface area contributed by atoms with E-state index in [1.54, 1.807) is 17.7 Å². The number of hydrogen-bond acceptors (Lipinski definition) is 4. The van der Waals surface area contributed by atoms with Gasteiger partial charge in [-0.25, -0.2) is 4.98 Å². The van der Waals surface area contributed by atoms with E-state index in [4.69, 9.17) is 9.72 Å². The molecule has 6 heteroatoms. The molecule has 0 aliphatic rings. The maximum atomic E-state index is 13.9. The van der Waals surface area contributed by atoms with Crippen LogP contribution in [0.15, 0.2) is 83.7 Å². The molecule has 186 valence electrons. The van der Waals surface area contributed by atoms with Gasteiger partial charge in [-0.3, -0.25) is 14.2 Å². The first-order valence-electron chi connectivity index (χ1n) is 12.5. The summed E-state index contributed by atoms with van der Waals surface area (Å²) < 4.78 is 6.95. The first-order chi connectivity index (χ1) is 17.6. The lowest BCUT2D eigenvalue weighted by atomic mass is 10.1. The van der Waals surface area contributed by atoms with Gasteiger partial charge in [-0.1, -0.05) is 56.3 Å². The Bertz CT molecular complexity index is 1360. The highest BCUT2D eigenvalue weighted by atomic mass is 16.5. The number of ether oxygens (including phenoxy) is 1. The number of hydrogen-bond donors (Lipinski definition) is 0. The second-order valence-corrected chi connectivity index (χ2v) is 8.78. The molecule has 0 saturated carbocycles. The van der Waals surface area contributed by atoms with Crippen molar-refractivity contribution in [1.82, 2.24) is 14.5 Å². The quantitative estimate of drug-likeness (QED) is 0.276. The molecule has 36 heavy (non-hydrogen) atoms. The number of methoxy groups -OCH3 is 1. The summed E-state index contributed by atoms with van der Waals surface area (Å²) >= 11 is 0. The molecule has 1 atom stereocenters. The second kappa shape index (κ2) is 11.8. The van der Waals surface area contributed by atoms with E-state index in [0.717, 1.165) is 12.1 Å². The van der Waals surface area contributed by atoms with E-state index in [9.17, 15) is 9.59 Å². The van der Waals surface area contributed by atoms with Crippen LogP contribution in [0.4, 0.5) is 0 Å². The smallest absolute Gasteiger partial charge is 0.266 e. The third-order valence-electron chi connectivity index (χ3n) is 6.49. The monoisotopic (exact) mass is 483 g/mol. The second-order valence-electron chi connectivity index (χ2n) is 8.78. The molecule has 1 amide bonds. The molecule has 1 unspecified atom stereocenters. The molecule has 0 spiro atoms. The number of para-hydroxylation sites is 2. The van der Waals surface area contributed by atoms with Crippen molar-refractivity contribution < 1.29 is 9.53 Å². The maximum absolute atomic E-state index is 13.9. The van der Waals surface area contributed by atoms with E-state index in [2.05, 4.69) is 6.92 Å². The normalized spacial score (nSPS) is 12.0. The molecule has 0 N–H and O–H groups in total. The van der Waals surface area contributed by atoms with Gasteiger partial charge in [0.25, 0.3) is 11.5 Å². The third-order valence-corrected chi connectivity index (χ3v) is 6.49. The number of aromatic nitrogens is 2. The summed E-state index contributed by atoms with van der Waals surface area (Å²) in [5.41, 5.74) is 3.01. The highest BCUT2D eigenvalue weighted by Crippen LogP contribution is 2.28. The van der Waals surface area contributed by atoms with Crippen LogP contribution >= 0.6 is 0 Å². The van der Waals surface area contributed by atoms with Gasteiger partial charge in [0.15, 0.2) is 0 Å². The standard InChI is InChI=1S/C30H33N3O3/c1-4-22-16-18-23(19-17-22)29(34)32(20-11-21-36-3)27(5-2)28-31-26-15-10-9-14-25(26)30(35)33(28)24-12-7-6-8-13-24/h6-10,12-19,27H,4-5,11,20-21H2,1-3H3. The molecular formula is C30H33N3O3. The van der Waals surface area contributed by atoms with E-state index in [0.29, 0.717) is 48.3 Å². The van der Waals surface area contributed by atoms with Crippen molar-refractivity contribution in [3.8, 4) is 5.69 Å². The average Bonchev–Trinajstić information content (AvgIpc) is 2.93. The van der Waals surface area contributed by atoms with Gasteiger partial charge >= 0.3 is 0 Å². The number of amides is 1. The molecule has 0 aliphatic carbocycles. The van der Waals surface area contributed by atoms with Crippen LogP contribution < -0.4 is 5.56 Å². The number of rotatable bonds is 10. The van der Waals surface area contributed by atoms with Crippen molar-refractivity contribution in [3.63, 3.8) is 0 Å². The minimum atomic E-state index is -0.405. The highest BCUT2D eigenvalue weighted by molar-refractivity contribution is 5.94. The lowest BCUT2D eigenvalue weighted by Gasteiger charge is -2.32. The molecule has 4 aromatic rings. The Morgan fingerprint density at radius 3 is 2.33 bits per heavy atom. The summed E-state index contributed by atoms with van der Waals surface area (Å²) in [7, 11) is 1.66. The number of fused-ring (bicyclic) bond motifs is 1. The fraction of sp³-hybridized carbons (Fsp3) is 0.300.